The van der Waals surface area contributed by atoms with Crippen LogP contribution in [0.2, 0.25) is 0 Å². The summed E-state index contributed by atoms with van der Waals surface area (Å²) in [4.78, 5) is 31.7. The van der Waals surface area contributed by atoms with Gasteiger partial charge in [0.2, 0.25) is 0 Å². The van der Waals surface area contributed by atoms with Crippen LogP contribution in [0.1, 0.15) is 27.5 Å². The first-order valence-electron chi connectivity index (χ1n) is 9.85. The molecule has 7 heteroatoms. The maximum atomic E-state index is 13.0. The van der Waals surface area contributed by atoms with E-state index in [0.29, 0.717) is 32.9 Å². The number of anilines is 1. The van der Waals surface area contributed by atoms with E-state index in [1.807, 2.05) is 49.4 Å². The van der Waals surface area contributed by atoms with E-state index in [4.69, 9.17) is 4.42 Å². The van der Waals surface area contributed by atoms with Crippen LogP contribution in [0.25, 0.3) is 32.2 Å². The first-order chi connectivity index (χ1) is 14.6. The van der Waals surface area contributed by atoms with Gasteiger partial charge in [0.25, 0.3) is 11.5 Å². The molecule has 0 saturated carbocycles. The molecule has 3 aromatic heterocycles. The van der Waals surface area contributed by atoms with Gasteiger partial charge in [-0.25, -0.2) is 4.98 Å². The zero-order valence-corrected chi connectivity index (χ0v) is 17.0. The molecule has 30 heavy (non-hydrogen) atoms. The lowest BCUT2D eigenvalue weighted by Crippen LogP contribution is -2.20. The van der Waals surface area contributed by atoms with Crippen molar-refractivity contribution in [2.24, 2.45) is 0 Å². The molecular formula is C23H17N3O3S. The lowest BCUT2D eigenvalue weighted by molar-refractivity contribution is 0.103. The van der Waals surface area contributed by atoms with Gasteiger partial charge in [0, 0.05) is 29.4 Å². The topological polar surface area (TPSA) is 77.1 Å². The van der Waals surface area contributed by atoms with Crippen LogP contribution >= 0.6 is 11.3 Å². The monoisotopic (exact) mass is 415 g/mol. The summed E-state index contributed by atoms with van der Waals surface area (Å²) in [6.07, 6.45) is 1.75. The van der Waals surface area contributed by atoms with Crippen LogP contribution in [0.5, 0.6) is 0 Å². The maximum Gasteiger partial charge on any atom is 0.266 e. The number of benzene rings is 2. The maximum absolute atomic E-state index is 13.0. The summed E-state index contributed by atoms with van der Waals surface area (Å²) in [5.41, 5.74) is 2.94. The molecule has 0 unspecified atom stereocenters. The number of nitrogens with one attached hydrogen (secondary N) is 1. The van der Waals surface area contributed by atoms with Crippen molar-refractivity contribution in [1.82, 2.24) is 9.55 Å². The van der Waals surface area contributed by atoms with Crippen molar-refractivity contribution in [1.29, 1.82) is 0 Å². The standard InChI is InChI=1S/C23H17N3O3S/c1-12-19-22(25-18-7-4-10-26(18)23(19)28)30-20(12)21(27)24-13-8-9-17-15(11-13)14-5-2-3-6-16(14)29-17/h2-3,5-6,8-9,11H,4,7,10H2,1H3,(H,24,27). The quantitative estimate of drug-likeness (QED) is 0.446. The average molecular weight is 415 g/mol. The second-order valence-electron chi connectivity index (χ2n) is 7.59. The van der Waals surface area contributed by atoms with Crippen LogP contribution < -0.4 is 10.9 Å². The third-order valence-electron chi connectivity index (χ3n) is 5.75. The number of carbonyl (C=O) groups is 1. The Labute approximate surface area is 174 Å². The first-order valence-corrected chi connectivity index (χ1v) is 10.7. The van der Waals surface area contributed by atoms with Gasteiger partial charge in [0.1, 0.15) is 21.8 Å². The van der Waals surface area contributed by atoms with Crippen LogP contribution in [-0.2, 0) is 13.0 Å². The Hall–Kier alpha value is -3.45. The molecule has 1 amide bonds. The molecule has 6 nitrogen and oxygen atoms in total. The number of carbonyl (C=O) groups excluding carboxylic acids is 1. The lowest BCUT2D eigenvalue weighted by atomic mass is 10.1. The number of fused-ring (bicyclic) bond motifs is 5. The van der Waals surface area contributed by atoms with Gasteiger partial charge in [-0.2, -0.15) is 0 Å². The molecule has 0 fully saturated rings. The SMILES string of the molecule is Cc1c(C(=O)Nc2ccc3oc4ccccc4c3c2)sc2nc3n(c(=O)c12)CCC3. The van der Waals surface area contributed by atoms with Crippen molar-refractivity contribution in [2.45, 2.75) is 26.3 Å². The van der Waals surface area contributed by atoms with E-state index in [1.165, 1.54) is 11.3 Å². The summed E-state index contributed by atoms with van der Waals surface area (Å²) >= 11 is 1.28. The molecule has 0 saturated heterocycles. The molecule has 0 aliphatic carbocycles. The number of hydrogen-bond acceptors (Lipinski definition) is 5. The van der Waals surface area contributed by atoms with Gasteiger partial charge in [-0.1, -0.05) is 18.2 Å². The Kier molecular flexibility index (Phi) is 3.64. The second kappa shape index (κ2) is 6.27. The Morgan fingerprint density at radius 1 is 1.17 bits per heavy atom. The van der Waals surface area contributed by atoms with Crippen LogP contribution in [0, 0.1) is 6.92 Å². The number of furan rings is 1. The molecule has 6 rings (SSSR count). The summed E-state index contributed by atoms with van der Waals surface area (Å²) in [6, 6.07) is 13.4. The molecule has 148 valence electrons. The van der Waals surface area contributed by atoms with E-state index in [2.05, 4.69) is 10.3 Å². The smallest absolute Gasteiger partial charge is 0.266 e. The van der Waals surface area contributed by atoms with E-state index in [0.717, 1.165) is 40.6 Å². The van der Waals surface area contributed by atoms with E-state index >= 15 is 0 Å². The molecule has 2 aromatic carbocycles. The molecule has 1 aliphatic rings. The van der Waals surface area contributed by atoms with Crippen molar-refractivity contribution < 1.29 is 9.21 Å². The van der Waals surface area contributed by atoms with Gasteiger partial charge in [0.05, 0.1) is 10.3 Å². The third kappa shape index (κ3) is 2.45. The molecule has 4 heterocycles. The minimum atomic E-state index is -0.229. The van der Waals surface area contributed by atoms with E-state index < -0.39 is 0 Å². The molecule has 1 N–H and O–H groups in total. The van der Waals surface area contributed by atoms with Crippen LogP contribution in [0.3, 0.4) is 0 Å². The molecule has 0 atom stereocenters. The van der Waals surface area contributed by atoms with Gasteiger partial charge in [-0.15, -0.1) is 11.3 Å². The fourth-order valence-electron chi connectivity index (χ4n) is 4.28. The van der Waals surface area contributed by atoms with Crippen LogP contribution in [-0.4, -0.2) is 15.5 Å². The summed E-state index contributed by atoms with van der Waals surface area (Å²) in [6.45, 7) is 2.53. The van der Waals surface area contributed by atoms with Gasteiger partial charge >= 0.3 is 0 Å². The minimum absolute atomic E-state index is 0.0356. The molecular weight excluding hydrogens is 398 g/mol. The largest absolute Gasteiger partial charge is 0.456 e. The van der Waals surface area contributed by atoms with Gasteiger partial charge in [0.15, 0.2) is 0 Å². The molecule has 0 radical (unpaired) electrons. The zero-order chi connectivity index (χ0) is 20.4. The highest BCUT2D eigenvalue weighted by molar-refractivity contribution is 7.20. The predicted molar refractivity (Wildman–Crippen MR) is 119 cm³/mol. The average Bonchev–Trinajstić information content (AvgIpc) is 3.44. The van der Waals surface area contributed by atoms with Gasteiger partial charge in [-0.05, 0) is 43.2 Å². The van der Waals surface area contributed by atoms with Crippen LogP contribution in [0.4, 0.5) is 5.69 Å². The molecule has 1 aliphatic heterocycles. The number of hydrogen-bond donors (Lipinski definition) is 1. The summed E-state index contributed by atoms with van der Waals surface area (Å²) in [5.74, 6) is 0.588. The first kappa shape index (κ1) is 17.4. The van der Waals surface area contributed by atoms with Crippen molar-refractivity contribution >= 4 is 55.1 Å². The lowest BCUT2D eigenvalue weighted by Gasteiger charge is -2.05. The number of thiophene rings is 1. The van der Waals surface area contributed by atoms with Crippen molar-refractivity contribution in [3.63, 3.8) is 0 Å². The number of amides is 1. The Morgan fingerprint density at radius 2 is 2.00 bits per heavy atom. The highest BCUT2D eigenvalue weighted by atomic mass is 32.1. The zero-order valence-electron chi connectivity index (χ0n) is 16.2. The predicted octanol–water partition coefficient (Wildman–Crippen LogP) is 4.86. The van der Waals surface area contributed by atoms with Gasteiger partial charge in [-0.3, -0.25) is 14.2 Å². The molecule has 0 bridgehead atoms. The molecule has 0 spiro atoms. The second-order valence-corrected chi connectivity index (χ2v) is 8.59. The highest BCUT2D eigenvalue weighted by Gasteiger charge is 2.23. The van der Waals surface area contributed by atoms with Crippen molar-refractivity contribution in [3.05, 3.63) is 69.1 Å². The van der Waals surface area contributed by atoms with Gasteiger partial charge < -0.3 is 9.73 Å². The van der Waals surface area contributed by atoms with E-state index in [-0.39, 0.29) is 11.5 Å². The normalized spacial score (nSPS) is 13.4. The Balaban J connectivity index is 1.41. The minimum Gasteiger partial charge on any atom is -0.456 e. The number of rotatable bonds is 2. The number of nitrogens with zero attached hydrogens (tertiary/aromatic N) is 2. The van der Waals surface area contributed by atoms with E-state index in [9.17, 15) is 9.59 Å². The fourth-order valence-corrected chi connectivity index (χ4v) is 5.37. The van der Waals surface area contributed by atoms with E-state index in [1.54, 1.807) is 4.57 Å². The Morgan fingerprint density at radius 3 is 2.90 bits per heavy atom. The molecule has 5 aromatic rings. The summed E-state index contributed by atoms with van der Waals surface area (Å²) in [7, 11) is 0. The highest BCUT2D eigenvalue weighted by Crippen LogP contribution is 2.32. The summed E-state index contributed by atoms with van der Waals surface area (Å²) < 4.78 is 7.59. The summed E-state index contributed by atoms with van der Waals surface area (Å²) in [5, 5.41) is 5.50. The number of para-hydroxylation sites is 1. The number of aromatic nitrogens is 2. The van der Waals surface area contributed by atoms with Crippen LogP contribution in [0.15, 0.2) is 51.7 Å². The van der Waals surface area contributed by atoms with Crippen molar-refractivity contribution in [2.75, 3.05) is 5.32 Å². The number of aryl methyl sites for hydroxylation is 2. The van der Waals surface area contributed by atoms with Crippen molar-refractivity contribution in [3.8, 4) is 0 Å². The Bertz CT molecular complexity index is 1560. The fraction of sp³-hybridized carbons (Fsp3) is 0.174. The third-order valence-corrected chi connectivity index (χ3v) is 6.94.